The first-order valence-corrected chi connectivity index (χ1v) is 6.90. The number of fused-ring (bicyclic) bond motifs is 1. The van der Waals surface area contributed by atoms with E-state index in [9.17, 15) is 4.79 Å². The van der Waals surface area contributed by atoms with E-state index >= 15 is 0 Å². The molecule has 0 amide bonds. The molecule has 0 spiro atoms. The molecule has 7 nitrogen and oxygen atoms in total. The van der Waals surface area contributed by atoms with Gasteiger partial charge < -0.3 is 10.1 Å². The fourth-order valence-corrected chi connectivity index (χ4v) is 3.27. The second kappa shape index (κ2) is 4.94. The molecule has 96 valence electrons. The zero-order valence-corrected chi connectivity index (χ0v) is 11.0. The summed E-state index contributed by atoms with van der Waals surface area (Å²) < 4.78 is 0.742. The Morgan fingerprint density at radius 1 is 1.42 bits per heavy atom. The van der Waals surface area contributed by atoms with Crippen LogP contribution in [0.15, 0.2) is 27.4 Å². The highest BCUT2D eigenvalue weighted by molar-refractivity contribution is 8.01. The molecule has 0 unspecified atom stereocenters. The van der Waals surface area contributed by atoms with E-state index in [2.05, 4.69) is 24.9 Å². The molecule has 0 saturated heterocycles. The third-order valence-corrected chi connectivity index (χ3v) is 4.23. The normalized spacial score (nSPS) is 10.9. The van der Waals surface area contributed by atoms with Gasteiger partial charge in [0.1, 0.15) is 16.9 Å². The Labute approximate surface area is 115 Å². The minimum Gasteiger partial charge on any atom is -0.481 e. The molecule has 9 heteroatoms. The molecule has 2 N–H and O–H groups in total. The molecule has 0 aliphatic carbocycles. The van der Waals surface area contributed by atoms with Crippen LogP contribution in [0.2, 0.25) is 0 Å². The molecule has 0 atom stereocenters. The molecule has 3 rings (SSSR count). The van der Waals surface area contributed by atoms with Crippen LogP contribution in [0.3, 0.4) is 0 Å². The minimum absolute atomic E-state index is 0.0691. The highest BCUT2D eigenvalue weighted by Crippen LogP contribution is 2.31. The number of carboxylic acids is 1. The van der Waals surface area contributed by atoms with Gasteiger partial charge in [0.15, 0.2) is 9.99 Å². The largest absolute Gasteiger partial charge is 0.481 e. The van der Waals surface area contributed by atoms with Gasteiger partial charge in [-0.1, -0.05) is 0 Å². The number of hydrogen-bond donors (Lipinski definition) is 2. The lowest BCUT2D eigenvalue weighted by Crippen LogP contribution is -1.99. The van der Waals surface area contributed by atoms with Gasteiger partial charge in [0.05, 0.1) is 18.4 Å². The van der Waals surface area contributed by atoms with Crippen molar-refractivity contribution in [1.82, 2.24) is 24.9 Å². The van der Waals surface area contributed by atoms with Crippen LogP contribution >= 0.6 is 23.1 Å². The van der Waals surface area contributed by atoms with Crippen molar-refractivity contribution in [2.45, 2.75) is 15.8 Å². The molecule has 0 aliphatic heterocycles. The first-order valence-electron chi connectivity index (χ1n) is 5.20. The topological polar surface area (TPSA) is 105 Å². The van der Waals surface area contributed by atoms with Crippen molar-refractivity contribution in [3.05, 3.63) is 23.7 Å². The smallest absolute Gasteiger partial charge is 0.309 e. The summed E-state index contributed by atoms with van der Waals surface area (Å²) >= 11 is 2.75. The average molecular weight is 293 g/mol. The number of aromatic amines is 1. The Hall–Kier alpha value is -2.00. The van der Waals surface area contributed by atoms with Crippen LogP contribution in [-0.4, -0.2) is 36.0 Å². The van der Waals surface area contributed by atoms with Crippen LogP contribution < -0.4 is 0 Å². The molecular formula is C10H7N5O2S2. The van der Waals surface area contributed by atoms with E-state index in [0.717, 1.165) is 14.9 Å². The molecule has 3 aromatic rings. The van der Waals surface area contributed by atoms with Crippen LogP contribution in [0.4, 0.5) is 0 Å². The van der Waals surface area contributed by atoms with Crippen LogP contribution in [0, 0.1) is 0 Å². The average Bonchev–Trinajstić information content (AvgIpc) is 2.98. The van der Waals surface area contributed by atoms with Crippen LogP contribution in [-0.2, 0) is 11.2 Å². The molecular weight excluding hydrogens is 286 g/mol. The monoisotopic (exact) mass is 293 g/mol. The van der Waals surface area contributed by atoms with E-state index in [4.69, 9.17) is 5.11 Å². The van der Waals surface area contributed by atoms with E-state index in [1.54, 1.807) is 11.7 Å². The van der Waals surface area contributed by atoms with Gasteiger partial charge in [0.25, 0.3) is 0 Å². The summed E-state index contributed by atoms with van der Waals surface area (Å²) in [6.07, 6.45) is 2.93. The van der Waals surface area contributed by atoms with Crippen molar-refractivity contribution in [3.63, 3.8) is 0 Å². The molecule has 0 fully saturated rings. The van der Waals surface area contributed by atoms with Gasteiger partial charge in [0.2, 0.25) is 0 Å². The van der Waals surface area contributed by atoms with Crippen molar-refractivity contribution >= 4 is 40.2 Å². The second-order valence-electron chi connectivity index (χ2n) is 3.56. The first-order chi connectivity index (χ1) is 9.22. The van der Waals surface area contributed by atoms with E-state index in [0.29, 0.717) is 11.3 Å². The van der Waals surface area contributed by atoms with Gasteiger partial charge in [-0.2, -0.15) is 0 Å². The van der Waals surface area contributed by atoms with E-state index in [1.165, 1.54) is 29.4 Å². The number of thiazole rings is 1. The van der Waals surface area contributed by atoms with Gasteiger partial charge in [-0.05, 0) is 11.8 Å². The Balaban J connectivity index is 1.86. The second-order valence-corrected chi connectivity index (χ2v) is 5.65. The van der Waals surface area contributed by atoms with E-state index in [1.807, 2.05) is 0 Å². The van der Waals surface area contributed by atoms with Crippen molar-refractivity contribution in [1.29, 1.82) is 0 Å². The third-order valence-electron chi connectivity index (χ3n) is 2.24. The highest BCUT2D eigenvalue weighted by atomic mass is 32.2. The maximum absolute atomic E-state index is 10.6. The Bertz CT molecular complexity index is 738. The number of hydrogen-bond acceptors (Lipinski definition) is 7. The Kier molecular flexibility index (Phi) is 3.13. The lowest BCUT2D eigenvalue weighted by atomic mass is 10.3. The van der Waals surface area contributed by atoms with E-state index < -0.39 is 5.97 Å². The molecule has 0 radical (unpaired) electrons. The van der Waals surface area contributed by atoms with Crippen molar-refractivity contribution in [2.24, 2.45) is 0 Å². The summed E-state index contributed by atoms with van der Waals surface area (Å²) in [4.78, 5) is 30.1. The lowest BCUT2D eigenvalue weighted by molar-refractivity contribution is -0.136. The third kappa shape index (κ3) is 2.56. The Morgan fingerprint density at radius 3 is 3.16 bits per heavy atom. The fraction of sp³-hybridized carbons (Fsp3) is 0.100. The Morgan fingerprint density at radius 2 is 2.32 bits per heavy atom. The van der Waals surface area contributed by atoms with Crippen LogP contribution in [0.25, 0.3) is 11.2 Å². The maximum Gasteiger partial charge on any atom is 0.309 e. The maximum atomic E-state index is 10.6. The lowest BCUT2D eigenvalue weighted by Gasteiger charge is -1.97. The van der Waals surface area contributed by atoms with Gasteiger partial charge in [-0.3, -0.25) is 4.79 Å². The molecule has 3 heterocycles. The predicted molar refractivity (Wildman–Crippen MR) is 69.3 cm³/mol. The summed E-state index contributed by atoms with van der Waals surface area (Å²) in [5, 5.41) is 11.2. The first kappa shape index (κ1) is 12.1. The number of carboxylic acid groups (broad SMARTS) is 1. The van der Waals surface area contributed by atoms with Crippen molar-refractivity contribution < 1.29 is 9.90 Å². The molecule has 0 aromatic carbocycles. The van der Waals surface area contributed by atoms with Gasteiger partial charge in [-0.25, -0.2) is 19.9 Å². The van der Waals surface area contributed by atoms with Gasteiger partial charge in [0, 0.05) is 5.38 Å². The fourth-order valence-electron chi connectivity index (χ4n) is 1.47. The SMILES string of the molecule is O=C(O)Cc1csc(Sc2ncnc3nc[nH]c23)n1. The molecule has 3 aromatic heterocycles. The molecule has 0 bridgehead atoms. The molecule has 0 aliphatic rings. The summed E-state index contributed by atoms with van der Waals surface area (Å²) in [5.41, 5.74) is 1.90. The van der Waals surface area contributed by atoms with Crippen molar-refractivity contribution in [2.75, 3.05) is 0 Å². The minimum atomic E-state index is -0.889. The number of nitrogens with one attached hydrogen (secondary N) is 1. The standard InChI is InChI=1S/C10H7N5O2S2/c16-6(17)1-5-2-18-10(15-5)19-9-7-8(12-3-11-7)13-4-14-9/h2-4H,1H2,(H,16,17)(H,11,12,13,14). The number of aromatic nitrogens is 5. The number of nitrogens with zero attached hydrogens (tertiary/aromatic N) is 4. The number of carbonyl (C=O) groups is 1. The highest BCUT2D eigenvalue weighted by Gasteiger charge is 2.11. The van der Waals surface area contributed by atoms with Crippen LogP contribution in [0.5, 0.6) is 0 Å². The predicted octanol–water partition coefficient (Wildman–Crippen LogP) is 1.59. The quantitative estimate of drug-likeness (QED) is 0.704. The summed E-state index contributed by atoms with van der Waals surface area (Å²) in [6.45, 7) is 0. The molecule has 19 heavy (non-hydrogen) atoms. The number of H-pyrrole nitrogens is 1. The van der Waals surface area contributed by atoms with Crippen molar-refractivity contribution in [3.8, 4) is 0 Å². The van der Waals surface area contributed by atoms with Gasteiger partial charge in [-0.15, -0.1) is 11.3 Å². The summed E-state index contributed by atoms with van der Waals surface area (Å²) in [7, 11) is 0. The summed E-state index contributed by atoms with van der Waals surface area (Å²) in [5.74, 6) is -0.889. The van der Waals surface area contributed by atoms with Crippen LogP contribution in [0.1, 0.15) is 5.69 Å². The number of imidazole rings is 1. The number of aliphatic carboxylic acids is 1. The zero-order chi connectivity index (χ0) is 13.2. The summed E-state index contributed by atoms with van der Waals surface area (Å²) in [6, 6.07) is 0. The number of rotatable bonds is 4. The van der Waals surface area contributed by atoms with Gasteiger partial charge >= 0.3 is 5.97 Å². The molecule has 0 saturated carbocycles. The van der Waals surface area contributed by atoms with E-state index in [-0.39, 0.29) is 6.42 Å². The zero-order valence-electron chi connectivity index (χ0n) is 9.40.